The summed E-state index contributed by atoms with van der Waals surface area (Å²) >= 11 is 0. The number of hydrogen-bond acceptors (Lipinski definition) is 3. The van der Waals surface area contributed by atoms with Gasteiger partial charge in [0.1, 0.15) is 0 Å². The molecular weight excluding hydrogens is 354 g/mol. The molecule has 0 saturated carbocycles. The molecule has 0 fully saturated rings. The van der Waals surface area contributed by atoms with Gasteiger partial charge in [-0.05, 0) is 25.0 Å². The lowest BCUT2D eigenvalue weighted by Crippen LogP contribution is -2.44. The Morgan fingerprint density at radius 3 is 2.36 bits per heavy atom. The number of aryl methyl sites for hydroxylation is 1. The molecule has 1 aromatic rings. The third kappa shape index (κ3) is 8.91. The average molecular weight is 394 g/mol. The van der Waals surface area contributed by atoms with Crippen LogP contribution in [0, 0.1) is 0 Å². The first-order chi connectivity index (χ1) is 13.5. The van der Waals surface area contributed by atoms with Crippen LogP contribution < -0.4 is 0 Å². The SMILES string of the molecule is CCCCCCCC(=O)N(CCC)CC(=O)N(CCOC)Cc1cccn1C. The summed E-state index contributed by atoms with van der Waals surface area (Å²) in [4.78, 5) is 29.1. The molecule has 2 amide bonds. The third-order valence-electron chi connectivity index (χ3n) is 4.99. The summed E-state index contributed by atoms with van der Waals surface area (Å²) in [6, 6.07) is 3.98. The molecule has 28 heavy (non-hydrogen) atoms. The van der Waals surface area contributed by atoms with Crippen molar-refractivity contribution in [1.29, 1.82) is 0 Å². The van der Waals surface area contributed by atoms with E-state index in [1.807, 2.05) is 36.9 Å². The Morgan fingerprint density at radius 1 is 1.00 bits per heavy atom. The Morgan fingerprint density at radius 2 is 1.75 bits per heavy atom. The summed E-state index contributed by atoms with van der Waals surface area (Å²) in [6.07, 6.45) is 8.95. The number of ether oxygens (including phenoxy) is 1. The largest absolute Gasteiger partial charge is 0.383 e. The molecule has 0 aliphatic rings. The van der Waals surface area contributed by atoms with Crippen molar-refractivity contribution >= 4 is 11.8 Å². The van der Waals surface area contributed by atoms with Gasteiger partial charge in [0.25, 0.3) is 0 Å². The van der Waals surface area contributed by atoms with Crippen LogP contribution in [0.3, 0.4) is 0 Å². The van der Waals surface area contributed by atoms with E-state index < -0.39 is 0 Å². The van der Waals surface area contributed by atoms with Gasteiger partial charge in [-0.15, -0.1) is 0 Å². The van der Waals surface area contributed by atoms with Gasteiger partial charge >= 0.3 is 0 Å². The second-order valence-electron chi connectivity index (χ2n) is 7.40. The van der Waals surface area contributed by atoms with Crippen LogP contribution in [0.25, 0.3) is 0 Å². The Bertz CT molecular complexity index is 571. The zero-order valence-electron chi connectivity index (χ0n) is 18.3. The Labute approximate surface area is 170 Å². The molecule has 0 N–H and O–H groups in total. The molecule has 0 aliphatic carbocycles. The fourth-order valence-corrected chi connectivity index (χ4v) is 3.21. The molecule has 1 rings (SSSR count). The number of carbonyl (C=O) groups excluding carboxylic acids is 2. The zero-order chi connectivity index (χ0) is 20.8. The summed E-state index contributed by atoms with van der Waals surface area (Å²) in [5.74, 6) is 0.0725. The van der Waals surface area contributed by atoms with Crippen molar-refractivity contribution in [2.24, 2.45) is 7.05 Å². The molecule has 6 heteroatoms. The lowest BCUT2D eigenvalue weighted by atomic mass is 10.1. The minimum absolute atomic E-state index is 0.0222. The van der Waals surface area contributed by atoms with Crippen LogP contribution in [-0.4, -0.2) is 59.5 Å². The first kappa shape index (κ1) is 24.2. The molecule has 0 aromatic carbocycles. The minimum atomic E-state index is -0.0222. The predicted octanol–water partition coefficient (Wildman–Crippen LogP) is 3.60. The van der Waals surface area contributed by atoms with Crippen LogP contribution in [0.5, 0.6) is 0 Å². The van der Waals surface area contributed by atoms with Crippen molar-refractivity contribution in [2.75, 3.05) is 33.4 Å². The van der Waals surface area contributed by atoms with E-state index in [1.165, 1.54) is 19.3 Å². The monoisotopic (exact) mass is 393 g/mol. The maximum atomic E-state index is 13.0. The van der Waals surface area contributed by atoms with E-state index in [0.717, 1.165) is 25.0 Å². The van der Waals surface area contributed by atoms with Gasteiger partial charge in [0.2, 0.25) is 11.8 Å². The molecule has 0 bridgehead atoms. The summed E-state index contributed by atoms with van der Waals surface area (Å²) in [7, 11) is 3.61. The number of hydrogen-bond donors (Lipinski definition) is 0. The van der Waals surface area contributed by atoms with Gasteiger partial charge in [0.05, 0.1) is 19.7 Å². The van der Waals surface area contributed by atoms with E-state index in [-0.39, 0.29) is 18.4 Å². The lowest BCUT2D eigenvalue weighted by molar-refractivity contribution is -0.141. The standard InChI is InChI=1S/C22H39N3O3/c1-5-7-8-9-10-13-21(26)24(14-6-2)19-22(27)25(16-17-28-4)18-20-12-11-15-23(20)3/h11-12,15H,5-10,13-14,16-19H2,1-4H3. The Balaban J connectivity index is 2.65. The van der Waals surface area contributed by atoms with Crippen molar-refractivity contribution in [3.8, 4) is 0 Å². The molecule has 0 spiro atoms. The molecule has 1 aromatic heterocycles. The molecular formula is C22H39N3O3. The van der Waals surface area contributed by atoms with Crippen LogP contribution in [0.1, 0.15) is 64.5 Å². The normalized spacial score (nSPS) is 10.9. The summed E-state index contributed by atoms with van der Waals surface area (Å²) in [6.45, 7) is 6.53. The topological polar surface area (TPSA) is 54.8 Å². The van der Waals surface area contributed by atoms with Crippen LogP contribution in [0.2, 0.25) is 0 Å². The third-order valence-corrected chi connectivity index (χ3v) is 4.99. The molecule has 0 unspecified atom stereocenters. The van der Waals surface area contributed by atoms with Crippen LogP contribution in [0.15, 0.2) is 18.3 Å². The minimum Gasteiger partial charge on any atom is -0.383 e. The predicted molar refractivity (Wildman–Crippen MR) is 113 cm³/mol. The fourth-order valence-electron chi connectivity index (χ4n) is 3.21. The first-order valence-electron chi connectivity index (χ1n) is 10.7. The highest BCUT2D eigenvalue weighted by Gasteiger charge is 2.21. The van der Waals surface area contributed by atoms with Gasteiger partial charge in [-0.2, -0.15) is 0 Å². The molecule has 6 nitrogen and oxygen atoms in total. The molecule has 0 saturated heterocycles. The molecule has 0 radical (unpaired) electrons. The summed E-state index contributed by atoms with van der Waals surface area (Å²) < 4.78 is 7.19. The number of nitrogens with zero attached hydrogens (tertiary/aromatic N) is 3. The van der Waals surface area contributed by atoms with Crippen LogP contribution in [0.4, 0.5) is 0 Å². The molecule has 1 heterocycles. The van der Waals surface area contributed by atoms with Gasteiger partial charge in [-0.1, -0.05) is 39.5 Å². The van der Waals surface area contributed by atoms with Gasteiger partial charge in [0, 0.05) is 45.6 Å². The van der Waals surface area contributed by atoms with Crippen LogP contribution >= 0.6 is 0 Å². The molecule has 0 atom stereocenters. The Hall–Kier alpha value is -1.82. The van der Waals surface area contributed by atoms with E-state index in [0.29, 0.717) is 32.7 Å². The highest BCUT2D eigenvalue weighted by atomic mass is 16.5. The fraction of sp³-hybridized carbons (Fsp3) is 0.727. The number of unbranched alkanes of at least 4 members (excludes halogenated alkanes) is 4. The van der Waals surface area contributed by atoms with E-state index in [2.05, 4.69) is 6.92 Å². The van der Waals surface area contributed by atoms with Gasteiger partial charge in [-0.25, -0.2) is 0 Å². The highest BCUT2D eigenvalue weighted by molar-refractivity contribution is 5.84. The quantitative estimate of drug-likeness (QED) is 0.428. The molecule has 160 valence electrons. The Kier molecular flexibility index (Phi) is 12.3. The van der Waals surface area contributed by atoms with Crippen molar-refractivity contribution in [3.63, 3.8) is 0 Å². The second-order valence-corrected chi connectivity index (χ2v) is 7.40. The summed E-state index contributed by atoms with van der Waals surface area (Å²) in [5.41, 5.74) is 1.06. The van der Waals surface area contributed by atoms with Gasteiger partial charge < -0.3 is 19.1 Å². The number of aromatic nitrogens is 1. The number of rotatable bonds is 15. The number of carbonyl (C=O) groups is 2. The van der Waals surface area contributed by atoms with E-state index in [4.69, 9.17) is 4.74 Å². The van der Waals surface area contributed by atoms with E-state index >= 15 is 0 Å². The van der Waals surface area contributed by atoms with Crippen molar-refractivity contribution in [2.45, 2.75) is 65.3 Å². The van der Waals surface area contributed by atoms with E-state index in [1.54, 1.807) is 16.9 Å². The average Bonchev–Trinajstić information content (AvgIpc) is 3.08. The smallest absolute Gasteiger partial charge is 0.242 e. The van der Waals surface area contributed by atoms with Gasteiger partial charge in [-0.3, -0.25) is 9.59 Å². The number of methoxy groups -OCH3 is 1. The van der Waals surface area contributed by atoms with Gasteiger partial charge in [0.15, 0.2) is 0 Å². The lowest BCUT2D eigenvalue weighted by Gasteiger charge is -2.27. The second kappa shape index (κ2) is 14.2. The highest BCUT2D eigenvalue weighted by Crippen LogP contribution is 2.10. The summed E-state index contributed by atoms with van der Waals surface area (Å²) in [5, 5.41) is 0. The van der Waals surface area contributed by atoms with Crippen LogP contribution in [-0.2, 0) is 27.9 Å². The maximum Gasteiger partial charge on any atom is 0.242 e. The van der Waals surface area contributed by atoms with Crippen molar-refractivity contribution < 1.29 is 14.3 Å². The van der Waals surface area contributed by atoms with Crippen molar-refractivity contribution in [1.82, 2.24) is 14.4 Å². The van der Waals surface area contributed by atoms with Crippen molar-refractivity contribution in [3.05, 3.63) is 24.0 Å². The molecule has 0 aliphatic heterocycles. The number of amides is 2. The zero-order valence-corrected chi connectivity index (χ0v) is 18.3. The first-order valence-corrected chi connectivity index (χ1v) is 10.7. The maximum absolute atomic E-state index is 13.0. The van der Waals surface area contributed by atoms with E-state index in [9.17, 15) is 9.59 Å².